The van der Waals surface area contributed by atoms with E-state index in [1.807, 2.05) is 0 Å². The minimum absolute atomic E-state index is 0.160. The highest BCUT2D eigenvalue weighted by Crippen LogP contribution is 2.07. The smallest absolute Gasteiger partial charge is 0.332 e. The molecule has 0 aromatic heterocycles. The first kappa shape index (κ1) is 5.56. The Kier molecular flexibility index (Phi) is 1.21. The number of ketones is 1. The fourth-order valence-electron chi connectivity index (χ4n) is 0.420. The maximum absolute atomic E-state index is 10.3. The van der Waals surface area contributed by atoms with Crippen molar-refractivity contribution in [3.05, 3.63) is 0 Å². The average molecular weight is 135 g/mol. The second-order valence-corrected chi connectivity index (χ2v) is 1.87. The Bertz CT molecular complexity index is 126. The first-order valence-corrected chi connectivity index (χ1v) is 2.49. The average Bonchev–Trinajstić information content (AvgIpc) is 1.98. The van der Waals surface area contributed by atoms with Gasteiger partial charge in [-0.15, -0.1) is 11.6 Å². The molecule has 44 valence electrons. The summed E-state index contributed by atoms with van der Waals surface area (Å²) in [6.45, 7) is -0.160. The fourth-order valence-corrected chi connectivity index (χ4v) is 0.546. The zero-order valence-corrected chi connectivity index (χ0v) is 4.64. The third-order valence-electron chi connectivity index (χ3n) is 0.846. The molecular weight excluding hydrogens is 131 g/mol. The molecule has 3 nitrogen and oxygen atoms in total. The molecule has 0 amide bonds. The van der Waals surface area contributed by atoms with Gasteiger partial charge in [0.2, 0.25) is 0 Å². The molecule has 0 saturated carbocycles. The molecule has 0 aromatic carbocycles. The first-order valence-electron chi connectivity index (χ1n) is 2.05. The zero-order chi connectivity index (χ0) is 6.15. The summed E-state index contributed by atoms with van der Waals surface area (Å²) in [6.07, 6.45) is 0. The highest BCUT2D eigenvalue weighted by Gasteiger charge is 2.32. The Labute approximate surface area is 50.6 Å². The number of ether oxygens (including phenoxy) is 1. The summed E-state index contributed by atoms with van der Waals surface area (Å²) < 4.78 is 4.26. The number of rotatable bonds is 0. The molecular formula is C4H3ClO3. The molecule has 1 aliphatic heterocycles. The van der Waals surface area contributed by atoms with Gasteiger partial charge in [-0.3, -0.25) is 4.79 Å². The van der Waals surface area contributed by atoms with E-state index in [1.165, 1.54) is 0 Å². The summed E-state index contributed by atoms with van der Waals surface area (Å²) in [6, 6.07) is 0. The molecule has 1 atom stereocenters. The van der Waals surface area contributed by atoms with Gasteiger partial charge < -0.3 is 4.74 Å². The van der Waals surface area contributed by atoms with Crippen molar-refractivity contribution in [3.8, 4) is 0 Å². The lowest BCUT2D eigenvalue weighted by molar-refractivity contribution is -0.137. The number of esters is 1. The molecule has 1 rings (SSSR count). The van der Waals surface area contributed by atoms with Crippen molar-refractivity contribution in [1.29, 1.82) is 0 Å². The lowest BCUT2D eigenvalue weighted by Crippen LogP contribution is -2.13. The van der Waals surface area contributed by atoms with Gasteiger partial charge in [0.05, 0.1) is 0 Å². The molecule has 1 fully saturated rings. The van der Waals surface area contributed by atoms with Crippen LogP contribution < -0.4 is 0 Å². The summed E-state index contributed by atoms with van der Waals surface area (Å²) in [5, 5.41) is -1.05. The van der Waals surface area contributed by atoms with Gasteiger partial charge in [-0.25, -0.2) is 4.79 Å². The van der Waals surface area contributed by atoms with Gasteiger partial charge in [-0.05, 0) is 0 Å². The molecule has 0 radical (unpaired) electrons. The summed E-state index contributed by atoms with van der Waals surface area (Å²) >= 11 is 5.19. The number of Topliss-reactive ketones (excluding diaryl/α,β-unsaturated/α-hetero) is 1. The van der Waals surface area contributed by atoms with Crippen molar-refractivity contribution in [2.75, 3.05) is 6.61 Å². The SMILES string of the molecule is O=C1COC(=O)[C@H]1Cl. The highest BCUT2D eigenvalue weighted by molar-refractivity contribution is 6.42. The monoisotopic (exact) mass is 134 g/mol. The van der Waals surface area contributed by atoms with Crippen LogP contribution >= 0.6 is 11.6 Å². The Morgan fingerprint density at radius 1 is 1.62 bits per heavy atom. The van der Waals surface area contributed by atoms with Crippen LogP contribution in [0.1, 0.15) is 0 Å². The fraction of sp³-hybridized carbons (Fsp3) is 0.500. The predicted molar refractivity (Wildman–Crippen MR) is 25.6 cm³/mol. The van der Waals surface area contributed by atoms with E-state index < -0.39 is 11.3 Å². The molecule has 0 N–H and O–H groups in total. The topological polar surface area (TPSA) is 43.4 Å². The number of alkyl halides is 1. The predicted octanol–water partition coefficient (Wildman–Crippen LogP) is -0.280. The highest BCUT2D eigenvalue weighted by atomic mass is 35.5. The van der Waals surface area contributed by atoms with Crippen LogP contribution in [0.2, 0.25) is 0 Å². The summed E-state index contributed by atoms with van der Waals surface area (Å²) in [4.78, 5) is 20.5. The van der Waals surface area contributed by atoms with E-state index in [1.54, 1.807) is 0 Å². The number of halogens is 1. The molecule has 0 unspecified atom stereocenters. The number of hydrogen-bond donors (Lipinski definition) is 0. The van der Waals surface area contributed by atoms with E-state index in [-0.39, 0.29) is 12.4 Å². The summed E-state index contributed by atoms with van der Waals surface area (Å²) in [7, 11) is 0. The third kappa shape index (κ3) is 0.690. The van der Waals surface area contributed by atoms with E-state index >= 15 is 0 Å². The van der Waals surface area contributed by atoms with Gasteiger partial charge in [0.1, 0.15) is 0 Å². The minimum atomic E-state index is -1.05. The molecule has 1 saturated heterocycles. The molecule has 0 spiro atoms. The van der Waals surface area contributed by atoms with E-state index in [0.29, 0.717) is 0 Å². The van der Waals surface area contributed by atoms with Crippen molar-refractivity contribution >= 4 is 23.4 Å². The van der Waals surface area contributed by atoms with E-state index in [2.05, 4.69) is 4.74 Å². The molecule has 1 aliphatic rings. The van der Waals surface area contributed by atoms with Gasteiger partial charge in [0.25, 0.3) is 0 Å². The lowest BCUT2D eigenvalue weighted by atomic mass is 10.3. The Morgan fingerprint density at radius 3 is 2.38 bits per heavy atom. The normalized spacial score (nSPS) is 28.4. The summed E-state index contributed by atoms with van der Waals surface area (Å²) in [5.41, 5.74) is 0. The van der Waals surface area contributed by atoms with E-state index in [4.69, 9.17) is 11.6 Å². The van der Waals surface area contributed by atoms with Crippen molar-refractivity contribution in [1.82, 2.24) is 0 Å². The van der Waals surface area contributed by atoms with Crippen LogP contribution in [0.15, 0.2) is 0 Å². The van der Waals surface area contributed by atoms with Crippen molar-refractivity contribution in [2.45, 2.75) is 5.38 Å². The van der Waals surface area contributed by atoms with Crippen LogP contribution in [0.3, 0.4) is 0 Å². The molecule has 4 heteroatoms. The molecule has 8 heavy (non-hydrogen) atoms. The number of hydrogen-bond acceptors (Lipinski definition) is 3. The standard InChI is InChI=1S/C4H3ClO3/c5-3-2(6)1-8-4(3)7/h3H,1H2/t3-/m0/s1. The largest absolute Gasteiger partial charge is 0.456 e. The van der Waals surface area contributed by atoms with Gasteiger partial charge in [0, 0.05) is 0 Å². The van der Waals surface area contributed by atoms with Gasteiger partial charge in [0.15, 0.2) is 17.8 Å². The van der Waals surface area contributed by atoms with Gasteiger partial charge in [-0.2, -0.15) is 0 Å². The molecule has 1 heterocycles. The van der Waals surface area contributed by atoms with Crippen LogP contribution in [0.5, 0.6) is 0 Å². The van der Waals surface area contributed by atoms with E-state index in [0.717, 1.165) is 0 Å². The number of carbonyl (C=O) groups excluding carboxylic acids is 2. The van der Waals surface area contributed by atoms with Crippen LogP contribution in [0.25, 0.3) is 0 Å². The zero-order valence-electron chi connectivity index (χ0n) is 3.89. The Hall–Kier alpha value is -0.570. The Balaban J connectivity index is 2.70. The van der Waals surface area contributed by atoms with Crippen molar-refractivity contribution in [3.63, 3.8) is 0 Å². The molecule has 0 aromatic rings. The van der Waals surface area contributed by atoms with Crippen LogP contribution in [0, 0.1) is 0 Å². The van der Waals surface area contributed by atoms with Gasteiger partial charge in [-0.1, -0.05) is 0 Å². The third-order valence-corrected chi connectivity index (χ3v) is 1.27. The molecule has 0 bridgehead atoms. The Morgan fingerprint density at radius 2 is 2.25 bits per heavy atom. The number of carbonyl (C=O) groups is 2. The number of cyclic esters (lactones) is 1. The van der Waals surface area contributed by atoms with Crippen LogP contribution in [-0.4, -0.2) is 23.7 Å². The minimum Gasteiger partial charge on any atom is -0.456 e. The summed E-state index contributed by atoms with van der Waals surface area (Å²) in [5.74, 6) is -0.978. The van der Waals surface area contributed by atoms with Crippen LogP contribution in [-0.2, 0) is 14.3 Å². The maximum Gasteiger partial charge on any atom is 0.332 e. The van der Waals surface area contributed by atoms with Gasteiger partial charge >= 0.3 is 5.97 Å². The maximum atomic E-state index is 10.3. The van der Waals surface area contributed by atoms with Crippen molar-refractivity contribution < 1.29 is 14.3 Å². The van der Waals surface area contributed by atoms with E-state index in [9.17, 15) is 9.59 Å². The second kappa shape index (κ2) is 1.74. The van der Waals surface area contributed by atoms with Crippen molar-refractivity contribution in [2.24, 2.45) is 0 Å². The molecule has 0 aliphatic carbocycles. The first-order chi connectivity index (χ1) is 3.72. The second-order valence-electron chi connectivity index (χ2n) is 1.44. The quantitative estimate of drug-likeness (QED) is 0.260. The lowest BCUT2D eigenvalue weighted by Gasteiger charge is -1.84. The van der Waals surface area contributed by atoms with Crippen LogP contribution in [0.4, 0.5) is 0 Å².